The van der Waals surface area contributed by atoms with E-state index in [0.717, 1.165) is 0 Å². The summed E-state index contributed by atoms with van der Waals surface area (Å²) in [5.41, 5.74) is 5.70. The van der Waals surface area contributed by atoms with Crippen LogP contribution in [0, 0.1) is 5.92 Å². The Morgan fingerprint density at radius 1 is 1.33 bits per heavy atom. The maximum atomic E-state index is 11.9. The molecule has 0 aliphatic rings. The summed E-state index contributed by atoms with van der Waals surface area (Å²) in [6.07, 6.45) is -0.945. The van der Waals surface area contributed by atoms with Gasteiger partial charge in [0.15, 0.2) is 6.29 Å². The summed E-state index contributed by atoms with van der Waals surface area (Å²) in [4.78, 5) is 9.76. The SMILES string of the molecule is CC(C)C[C@H](N)C(O)OP(=O)(O)c1ccccc1. The highest BCUT2D eigenvalue weighted by Crippen LogP contribution is 2.42. The highest BCUT2D eigenvalue weighted by molar-refractivity contribution is 7.61. The van der Waals surface area contributed by atoms with Gasteiger partial charge in [-0.15, -0.1) is 0 Å². The first-order valence-corrected chi connectivity index (χ1v) is 7.41. The second-order valence-electron chi connectivity index (χ2n) is 4.65. The first kappa shape index (κ1) is 15.3. The minimum atomic E-state index is -4.03. The molecule has 0 spiro atoms. The Labute approximate surface area is 107 Å². The molecule has 0 bridgehead atoms. The van der Waals surface area contributed by atoms with Crippen LogP contribution in [0.15, 0.2) is 30.3 Å². The lowest BCUT2D eigenvalue weighted by atomic mass is 10.0. The van der Waals surface area contributed by atoms with Crippen LogP contribution in [-0.2, 0) is 9.09 Å². The predicted octanol–water partition coefficient (Wildman–Crippen LogP) is 1.21. The molecule has 6 heteroatoms. The van der Waals surface area contributed by atoms with Crippen LogP contribution in [0.3, 0.4) is 0 Å². The molecule has 2 unspecified atom stereocenters. The van der Waals surface area contributed by atoms with Crippen molar-refractivity contribution in [1.29, 1.82) is 0 Å². The highest BCUT2D eigenvalue weighted by atomic mass is 31.2. The van der Waals surface area contributed by atoms with Crippen molar-refractivity contribution in [3.05, 3.63) is 30.3 Å². The lowest BCUT2D eigenvalue weighted by Gasteiger charge is -2.23. The molecule has 0 aliphatic carbocycles. The van der Waals surface area contributed by atoms with Crippen LogP contribution in [0.25, 0.3) is 0 Å². The molecule has 0 saturated carbocycles. The smallest absolute Gasteiger partial charge is 0.361 e. The van der Waals surface area contributed by atoms with Crippen molar-refractivity contribution in [3.8, 4) is 0 Å². The van der Waals surface area contributed by atoms with Crippen LogP contribution in [-0.4, -0.2) is 22.3 Å². The standard InChI is InChI=1S/C12H20NO4P/c1-9(2)8-11(13)12(14)17-18(15,16)10-6-4-3-5-7-10/h3-7,9,11-12,14H,8,13H2,1-2H3,(H,15,16)/t11-,12?/m0/s1. The van der Waals surface area contributed by atoms with Gasteiger partial charge < -0.3 is 15.7 Å². The second-order valence-corrected chi connectivity index (χ2v) is 6.41. The molecule has 1 aromatic rings. The molecule has 1 aromatic carbocycles. The van der Waals surface area contributed by atoms with Gasteiger partial charge in [-0.05, 0) is 24.5 Å². The third kappa shape index (κ3) is 4.52. The first-order chi connectivity index (χ1) is 8.33. The van der Waals surface area contributed by atoms with E-state index in [1.165, 1.54) is 12.1 Å². The maximum absolute atomic E-state index is 11.9. The molecule has 5 nitrogen and oxygen atoms in total. The molecular weight excluding hydrogens is 253 g/mol. The number of hydrogen-bond donors (Lipinski definition) is 3. The first-order valence-electron chi connectivity index (χ1n) is 5.83. The van der Waals surface area contributed by atoms with E-state index in [-0.39, 0.29) is 11.2 Å². The van der Waals surface area contributed by atoms with Crippen molar-refractivity contribution in [2.75, 3.05) is 0 Å². The number of rotatable bonds is 6. The van der Waals surface area contributed by atoms with E-state index in [9.17, 15) is 14.6 Å². The summed E-state index contributed by atoms with van der Waals surface area (Å²) >= 11 is 0. The van der Waals surface area contributed by atoms with Crippen LogP contribution < -0.4 is 11.0 Å². The number of nitrogens with two attached hydrogens (primary N) is 1. The fourth-order valence-corrected chi connectivity index (χ4v) is 2.68. The third-order valence-electron chi connectivity index (χ3n) is 2.44. The topological polar surface area (TPSA) is 92.8 Å². The van der Waals surface area contributed by atoms with Gasteiger partial charge in [0.1, 0.15) is 0 Å². The Morgan fingerprint density at radius 2 is 1.89 bits per heavy atom. The third-order valence-corrected chi connectivity index (χ3v) is 3.90. The molecule has 0 radical (unpaired) electrons. The van der Waals surface area contributed by atoms with E-state index in [2.05, 4.69) is 0 Å². The summed E-state index contributed by atoms with van der Waals surface area (Å²) in [6, 6.07) is 7.24. The van der Waals surface area contributed by atoms with Crippen molar-refractivity contribution in [3.63, 3.8) is 0 Å². The van der Waals surface area contributed by atoms with Gasteiger partial charge >= 0.3 is 7.60 Å². The van der Waals surface area contributed by atoms with E-state index >= 15 is 0 Å². The average molecular weight is 273 g/mol. The molecular formula is C12H20NO4P. The fraction of sp³-hybridized carbons (Fsp3) is 0.500. The van der Waals surface area contributed by atoms with Gasteiger partial charge in [0.2, 0.25) is 0 Å². The van der Waals surface area contributed by atoms with E-state index in [1.54, 1.807) is 18.2 Å². The highest BCUT2D eigenvalue weighted by Gasteiger charge is 2.29. The molecule has 0 saturated heterocycles. The quantitative estimate of drug-likeness (QED) is 0.535. The molecule has 3 atom stereocenters. The van der Waals surface area contributed by atoms with Gasteiger partial charge in [-0.1, -0.05) is 32.0 Å². The van der Waals surface area contributed by atoms with Crippen LogP contribution in [0.4, 0.5) is 0 Å². The summed E-state index contributed by atoms with van der Waals surface area (Å²) < 4.78 is 16.8. The zero-order valence-electron chi connectivity index (χ0n) is 10.6. The minimum absolute atomic E-state index is 0.140. The van der Waals surface area contributed by atoms with Crippen LogP contribution >= 0.6 is 7.60 Å². The normalized spacial score (nSPS) is 18.3. The van der Waals surface area contributed by atoms with Crippen LogP contribution in [0.2, 0.25) is 0 Å². The van der Waals surface area contributed by atoms with Crippen LogP contribution in [0.1, 0.15) is 20.3 Å². The molecule has 102 valence electrons. The van der Waals surface area contributed by atoms with E-state index < -0.39 is 19.9 Å². The van der Waals surface area contributed by atoms with Crippen molar-refractivity contribution < 1.29 is 19.1 Å². The van der Waals surface area contributed by atoms with E-state index in [1.807, 2.05) is 13.8 Å². The number of benzene rings is 1. The van der Waals surface area contributed by atoms with Gasteiger partial charge in [0.05, 0.1) is 11.3 Å². The van der Waals surface area contributed by atoms with Crippen molar-refractivity contribution in [1.82, 2.24) is 0 Å². The monoisotopic (exact) mass is 273 g/mol. The molecule has 4 N–H and O–H groups in total. The Balaban J connectivity index is 2.69. The molecule has 0 aliphatic heterocycles. The van der Waals surface area contributed by atoms with Crippen molar-refractivity contribution >= 4 is 12.9 Å². The van der Waals surface area contributed by atoms with Gasteiger partial charge in [0.25, 0.3) is 0 Å². The molecule has 0 aromatic heterocycles. The zero-order chi connectivity index (χ0) is 13.8. The molecule has 1 rings (SSSR count). The second kappa shape index (κ2) is 6.45. The van der Waals surface area contributed by atoms with E-state index in [4.69, 9.17) is 10.3 Å². The Kier molecular flexibility index (Phi) is 5.50. The van der Waals surface area contributed by atoms with Crippen LogP contribution in [0.5, 0.6) is 0 Å². The minimum Gasteiger partial charge on any atom is -0.366 e. The summed E-state index contributed by atoms with van der Waals surface area (Å²) in [5, 5.41) is 9.82. The Bertz CT molecular complexity index is 410. The van der Waals surface area contributed by atoms with E-state index in [0.29, 0.717) is 6.42 Å². The number of aliphatic hydroxyl groups is 1. The van der Waals surface area contributed by atoms with Crippen molar-refractivity contribution in [2.45, 2.75) is 32.6 Å². The van der Waals surface area contributed by atoms with Gasteiger partial charge in [-0.2, -0.15) is 0 Å². The lowest BCUT2D eigenvalue weighted by Crippen LogP contribution is -2.37. The number of hydrogen-bond acceptors (Lipinski definition) is 4. The molecule has 0 amide bonds. The van der Waals surface area contributed by atoms with Gasteiger partial charge in [0, 0.05) is 0 Å². The summed E-state index contributed by atoms with van der Waals surface area (Å²) in [6.45, 7) is 3.89. The molecule has 0 heterocycles. The van der Waals surface area contributed by atoms with Gasteiger partial charge in [-0.25, -0.2) is 0 Å². The maximum Gasteiger partial charge on any atom is 0.361 e. The Hall–Kier alpha value is -0.710. The Morgan fingerprint density at radius 3 is 2.39 bits per heavy atom. The zero-order valence-corrected chi connectivity index (χ0v) is 11.5. The van der Waals surface area contributed by atoms with Crippen molar-refractivity contribution in [2.24, 2.45) is 11.7 Å². The predicted molar refractivity (Wildman–Crippen MR) is 70.4 cm³/mol. The summed E-state index contributed by atoms with van der Waals surface area (Å²) in [5.74, 6) is 0.271. The lowest BCUT2D eigenvalue weighted by molar-refractivity contribution is -0.0444. The fourth-order valence-electron chi connectivity index (χ4n) is 1.56. The number of aliphatic hydroxyl groups excluding tert-OH is 1. The average Bonchev–Trinajstić information content (AvgIpc) is 2.28. The largest absolute Gasteiger partial charge is 0.366 e. The summed E-state index contributed by atoms with van der Waals surface area (Å²) in [7, 11) is -4.03. The molecule has 0 fully saturated rings. The molecule has 18 heavy (non-hydrogen) atoms. The van der Waals surface area contributed by atoms with Gasteiger partial charge in [-0.3, -0.25) is 9.09 Å².